The van der Waals surface area contributed by atoms with Crippen molar-refractivity contribution in [3.8, 4) is 0 Å². The molecule has 0 aromatic heterocycles. The zero-order chi connectivity index (χ0) is 20.3. The van der Waals surface area contributed by atoms with Crippen molar-refractivity contribution in [1.82, 2.24) is 0 Å². The van der Waals surface area contributed by atoms with Crippen LogP contribution in [0.3, 0.4) is 0 Å². The number of aliphatic hydroxyl groups excluding tert-OH is 5. The van der Waals surface area contributed by atoms with Crippen molar-refractivity contribution < 1.29 is 30.3 Å². The number of nitrogens with zero attached hydrogens (tertiary/aromatic N) is 1. The Kier molecular flexibility index (Phi) is 6.80. The molecule has 5 N–H and O–H groups in total. The minimum absolute atomic E-state index is 0.249. The number of amides is 1. The number of carbonyl (C=O) groups is 1. The number of rotatable bonds is 6. The van der Waals surface area contributed by atoms with Crippen LogP contribution in [0.1, 0.15) is 32.1 Å². The Morgan fingerprint density at radius 2 is 1.68 bits per heavy atom. The van der Waals surface area contributed by atoms with Gasteiger partial charge in [0.1, 0.15) is 24.4 Å². The summed E-state index contributed by atoms with van der Waals surface area (Å²) in [6.45, 7) is -0.750. The summed E-state index contributed by atoms with van der Waals surface area (Å²) < 4.78 is 0. The van der Waals surface area contributed by atoms with Crippen molar-refractivity contribution in [1.29, 1.82) is 0 Å². The van der Waals surface area contributed by atoms with Crippen LogP contribution in [0.15, 0.2) is 41.3 Å². The first-order valence-electron chi connectivity index (χ1n) is 9.53. The van der Waals surface area contributed by atoms with Crippen LogP contribution in [-0.4, -0.2) is 67.3 Å². The molecule has 1 heterocycles. The molecule has 1 aliphatic heterocycles. The molecule has 2 fully saturated rings. The summed E-state index contributed by atoms with van der Waals surface area (Å²) in [7, 11) is 0. The van der Waals surface area contributed by atoms with Crippen LogP contribution in [0.25, 0.3) is 0 Å². The van der Waals surface area contributed by atoms with E-state index in [0.717, 1.165) is 37.8 Å². The lowest BCUT2D eigenvalue weighted by molar-refractivity contribution is -0.115. The van der Waals surface area contributed by atoms with Crippen LogP contribution in [0, 0.1) is 0 Å². The maximum Gasteiger partial charge on any atom is 0.265 e. The summed E-state index contributed by atoms with van der Waals surface area (Å²) in [5.41, 5.74) is 0.788. The normalized spacial score (nSPS) is 25.1. The van der Waals surface area contributed by atoms with Crippen LogP contribution in [-0.2, 0) is 4.79 Å². The van der Waals surface area contributed by atoms with Crippen molar-refractivity contribution >= 4 is 23.4 Å². The lowest BCUT2D eigenvalue weighted by Gasteiger charge is -2.40. The lowest BCUT2D eigenvalue weighted by Crippen LogP contribution is -2.46. The summed E-state index contributed by atoms with van der Waals surface area (Å²) in [4.78, 5) is 14.9. The fourth-order valence-electron chi connectivity index (χ4n) is 3.85. The molecule has 1 saturated carbocycles. The number of hydrogen-bond acceptors (Lipinski definition) is 7. The van der Waals surface area contributed by atoms with E-state index in [1.807, 2.05) is 30.3 Å². The molecule has 3 rings (SSSR count). The average molecular weight is 410 g/mol. The zero-order valence-electron chi connectivity index (χ0n) is 15.5. The van der Waals surface area contributed by atoms with Gasteiger partial charge in [0.05, 0.1) is 16.4 Å². The van der Waals surface area contributed by atoms with Crippen molar-refractivity contribution in [2.24, 2.45) is 0 Å². The maximum atomic E-state index is 13.2. The molecule has 1 aromatic rings. The molecule has 154 valence electrons. The van der Waals surface area contributed by atoms with E-state index in [1.165, 1.54) is 17.8 Å². The highest BCUT2D eigenvalue weighted by Crippen LogP contribution is 2.53. The summed E-state index contributed by atoms with van der Waals surface area (Å²) in [6, 6.07) is 9.39. The van der Waals surface area contributed by atoms with Gasteiger partial charge in [0.2, 0.25) is 0 Å². The Balaban J connectivity index is 1.88. The molecule has 0 unspecified atom stereocenters. The molecule has 1 saturated heterocycles. The topological polar surface area (TPSA) is 121 Å². The molecular weight excluding hydrogens is 382 g/mol. The predicted octanol–water partition coefficient (Wildman–Crippen LogP) is 0.747. The monoisotopic (exact) mass is 409 g/mol. The van der Waals surface area contributed by atoms with E-state index < -0.39 is 35.9 Å². The molecular formula is C20H27NO6S. The number of thioether (sulfide) groups is 1. The van der Waals surface area contributed by atoms with Gasteiger partial charge in [-0.1, -0.05) is 49.2 Å². The van der Waals surface area contributed by atoms with Gasteiger partial charge >= 0.3 is 0 Å². The smallest absolute Gasteiger partial charge is 0.265 e. The maximum absolute atomic E-state index is 13.2. The molecule has 0 bridgehead atoms. The highest BCUT2D eigenvalue weighted by atomic mass is 32.2. The molecule has 1 amide bonds. The average Bonchev–Trinajstić information content (AvgIpc) is 2.97. The number of aliphatic hydroxyl groups is 5. The molecule has 28 heavy (non-hydrogen) atoms. The third-order valence-electron chi connectivity index (χ3n) is 5.37. The van der Waals surface area contributed by atoms with Gasteiger partial charge in [-0.15, -0.1) is 0 Å². The third-order valence-corrected chi connectivity index (χ3v) is 6.88. The first kappa shape index (κ1) is 21.3. The van der Waals surface area contributed by atoms with Crippen LogP contribution >= 0.6 is 11.8 Å². The van der Waals surface area contributed by atoms with E-state index in [2.05, 4.69) is 0 Å². The quantitative estimate of drug-likeness (QED) is 0.440. The fourth-order valence-corrected chi connectivity index (χ4v) is 5.41. The van der Waals surface area contributed by atoms with Crippen LogP contribution < -0.4 is 4.90 Å². The van der Waals surface area contributed by atoms with Gasteiger partial charge in [-0.05, 0) is 31.1 Å². The summed E-state index contributed by atoms with van der Waals surface area (Å²) in [5, 5.41) is 48.6. The zero-order valence-corrected chi connectivity index (χ0v) is 16.3. The molecule has 0 radical (unpaired) electrons. The van der Waals surface area contributed by atoms with Gasteiger partial charge in [0, 0.05) is 5.69 Å². The molecule has 1 aliphatic carbocycles. The van der Waals surface area contributed by atoms with Crippen molar-refractivity contribution in [2.45, 2.75) is 61.4 Å². The standard InChI is InChI=1S/C20H27NO6S/c22-12-15(24)18(26)17(25)14(23)11-16-19(27)21(13-7-3-1-4-8-13)20(28-16)9-5-2-6-10-20/h1,3-4,7-8,11,14-15,17-18,22-26H,2,5-6,9-10,12H2/b16-11+/t14-,15+,17+,18+/m0/s1. The first-order valence-corrected chi connectivity index (χ1v) is 10.3. The molecule has 7 nitrogen and oxygen atoms in total. The number of carbonyl (C=O) groups excluding carboxylic acids is 1. The third kappa shape index (κ3) is 4.12. The lowest BCUT2D eigenvalue weighted by atomic mass is 9.93. The Labute approximate surface area is 168 Å². The first-order chi connectivity index (χ1) is 13.4. The van der Waals surface area contributed by atoms with Gasteiger partial charge in [-0.2, -0.15) is 0 Å². The number of benzene rings is 1. The predicted molar refractivity (Wildman–Crippen MR) is 107 cm³/mol. The molecule has 2 aliphatic rings. The van der Waals surface area contributed by atoms with Crippen molar-refractivity contribution in [3.05, 3.63) is 41.3 Å². The summed E-state index contributed by atoms with van der Waals surface area (Å²) >= 11 is 1.39. The van der Waals surface area contributed by atoms with Gasteiger partial charge in [-0.25, -0.2) is 0 Å². The molecule has 1 spiro atoms. The number of para-hydroxylation sites is 1. The van der Waals surface area contributed by atoms with Gasteiger partial charge in [-0.3, -0.25) is 9.69 Å². The van der Waals surface area contributed by atoms with E-state index in [9.17, 15) is 25.2 Å². The minimum atomic E-state index is -1.73. The second-order valence-corrected chi connectivity index (χ2v) is 8.74. The minimum Gasteiger partial charge on any atom is -0.394 e. The SMILES string of the molecule is O=C1/C(=C\[C@H](O)[C@@H](O)[C@H](O)[C@H](O)CO)SC2(CCCCC2)N1c1ccccc1. The van der Waals surface area contributed by atoms with E-state index in [0.29, 0.717) is 4.91 Å². The van der Waals surface area contributed by atoms with Crippen molar-refractivity contribution in [2.75, 3.05) is 11.5 Å². The Bertz CT molecular complexity index is 706. The van der Waals surface area contributed by atoms with Gasteiger partial charge in [0.15, 0.2) is 0 Å². The summed E-state index contributed by atoms with van der Waals surface area (Å²) in [5.74, 6) is -0.249. The van der Waals surface area contributed by atoms with Crippen LogP contribution in [0.4, 0.5) is 5.69 Å². The highest BCUT2D eigenvalue weighted by molar-refractivity contribution is 8.06. The van der Waals surface area contributed by atoms with Crippen molar-refractivity contribution in [3.63, 3.8) is 0 Å². The van der Waals surface area contributed by atoms with E-state index in [-0.39, 0.29) is 5.91 Å². The van der Waals surface area contributed by atoms with E-state index in [1.54, 1.807) is 4.90 Å². The second kappa shape index (κ2) is 8.94. The largest absolute Gasteiger partial charge is 0.394 e. The Morgan fingerprint density at radius 3 is 2.29 bits per heavy atom. The Hall–Kier alpha value is -1.42. The van der Waals surface area contributed by atoms with E-state index in [4.69, 9.17) is 5.11 Å². The molecule has 1 aromatic carbocycles. The van der Waals surface area contributed by atoms with Gasteiger partial charge < -0.3 is 25.5 Å². The second-order valence-electron chi connectivity index (χ2n) is 7.34. The fraction of sp³-hybridized carbons (Fsp3) is 0.550. The Morgan fingerprint density at radius 1 is 1.04 bits per heavy atom. The molecule has 8 heteroatoms. The molecule has 4 atom stereocenters. The van der Waals surface area contributed by atoms with Crippen LogP contribution in [0.5, 0.6) is 0 Å². The van der Waals surface area contributed by atoms with Gasteiger partial charge in [0.25, 0.3) is 5.91 Å². The number of hydrogen-bond donors (Lipinski definition) is 5. The van der Waals surface area contributed by atoms with Crippen LogP contribution in [0.2, 0.25) is 0 Å². The summed E-state index contributed by atoms with van der Waals surface area (Å²) in [6.07, 6.45) is -0.565. The highest BCUT2D eigenvalue weighted by Gasteiger charge is 2.50. The number of anilines is 1. The van der Waals surface area contributed by atoms with E-state index >= 15 is 0 Å².